The highest BCUT2D eigenvalue weighted by Crippen LogP contribution is 2.27. The van der Waals surface area contributed by atoms with Gasteiger partial charge in [0, 0.05) is 31.9 Å². The second kappa shape index (κ2) is 7.09. The Labute approximate surface area is 90.6 Å². The average molecular weight is 246 g/mol. The molecule has 90 valence electrons. The van der Waals surface area contributed by atoms with E-state index in [2.05, 4.69) is 0 Å². The van der Waals surface area contributed by atoms with Crippen LogP contribution in [0.25, 0.3) is 0 Å². The van der Waals surface area contributed by atoms with E-state index in [1.807, 2.05) is 0 Å². The Balaban J connectivity index is 3.62. The van der Waals surface area contributed by atoms with Crippen LogP contribution in [0.4, 0.5) is 17.6 Å². The SMILES string of the molecule is CC(=O)SCCC(F)(F)CCCC(F)F. The summed E-state index contributed by atoms with van der Waals surface area (Å²) in [7, 11) is 0. The second-order valence-corrected chi connectivity index (χ2v) is 4.50. The van der Waals surface area contributed by atoms with E-state index in [1.165, 1.54) is 6.92 Å². The summed E-state index contributed by atoms with van der Waals surface area (Å²) in [5, 5.41) is -0.210. The Morgan fingerprint density at radius 3 is 2.40 bits per heavy atom. The topological polar surface area (TPSA) is 17.1 Å². The summed E-state index contributed by atoms with van der Waals surface area (Å²) in [4.78, 5) is 10.5. The van der Waals surface area contributed by atoms with Crippen LogP contribution in [0.1, 0.15) is 32.6 Å². The zero-order chi connectivity index (χ0) is 11.9. The summed E-state index contributed by atoms with van der Waals surface area (Å²) in [6.07, 6.45) is -4.16. The first-order valence-electron chi connectivity index (χ1n) is 4.63. The molecule has 0 atom stereocenters. The third kappa shape index (κ3) is 10.0. The molecule has 0 aromatic rings. The van der Waals surface area contributed by atoms with Gasteiger partial charge in [-0.05, 0) is 6.42 Å². The lowest BCUT2D eigenvalue weighted by atomic mass is 10.1. The van der Waals surface area contributed by atoms with E-state index in [1.54, 1.807) is 0 Å². The van der Waals surface area contributed by atoms with Crippen LogP contribution in [-0.4, -0.2) is 23.2 Å². The molecule has 0 aromatic carbocycles. The highest BCUT2D eigenvalue weighted by molar-refractivity contribution is 8.13. The van der Waals surface area contributed by atoms with E-state index in [0.29, 0.717) is 0 Å². The first-order valence-corrected chi connectivity index (χ1v) is 5.61. The fourth-order valence-corrected chi connectivity index (χ4v) is 1.67. The van der Waals surface area contributed by atoms with Gasteiger partial charge in [-0.25, -0.2) is 17.6 Å². The van der Waals surface area contributed by atoms with Crippen LogP contribution in [0.5, 0.6) is 0 Å². The summed E-state index contributed by atoms with van der Waals surface area (Å²) < 4.78 is 49.3. The highest BCUT2D eigenvalue weighted by Gasteiger charge is 2.28. The van der Waals surface area contributed by atoms with Gasteiger partial charge in [0.1, 0.15) is 0 Å². The summed E-state index contributed by atoms with van der Waals surface area (Å²) >= 11 is 0.831. The third-order valence-corrected chi connectivity index (χ3v) is 2.55. The normalized spacial score (nSPS) is 12.1. The van der Waals surface area contributed by atoms with Gasteiger partial charge < -0.3 is 0 Å². The first kappa shape index (κ1) is 14.7. The minimum atomic E-state index is -2.93. The van der Waals surface area contributed by atoms with Gasteiger partial charge in [0.25, 0.3) is 0 Å². The van der Waals surface area contributed by atoms with Gasteiger partial charge in [-0.3, -0.25) is 4.79 Å². The fourth-order valence-electron chi connectivity index (χ4n) is 0.984. The van der Waals surface area contributed by atoms with Crippen molar-refractivity contribution in [2.45, 2.75) is 45.0 Å². The van der Waals surface area contributed by atoms with Crippen molar-refractivity contribution in [3.8, 4) is 0 Å². The molecule has 0 heterocycles. The summed E-state index contributed by atoms with van der Waals surface area (Å²) in [5.41, 5.74) is 0. The van der Waals surface area contributed by atoms with E-state index in [4.69, 9.17) is 0 Å². The maximum absolute atomic E-state index is 13.0. The smallest absolute Gasteiger partial charge is 0.249 e. The van der Waals surface area contributed by atoms with Crippen LogP contribution in [0, 0.1) is 0 Å². The van der Waals surface area contributed by atoms with Gasteiger partial charge in [-0.2, -0.15) is 0 Å². The predicted octanol–water partition coefficient (Wildman–Crippen LogP) is 3.73. The quantitative estimate of drug-likeness (QED) is 0.637. The molecule has 0 aliphatic carbocycles. The van der Waals surface area contributed by atoms with E-state index in [0.717, 1.165) is 11.8 Å². The molecule has 0 rings (SSSR count). The number of alkyl halides is 4. The number of carbonyl (C=O) groups is 1. The minimum Gasteiger partial charge on any atom is -0.288 e. The van der Waals surface area contributed by atoms with Crippen molar-refractivity contribution in [1.29, 1.82) is 0 Å². The fraction of sp³-hybridized carbons (Fsp3) is 0.889. The van der Waals surface area contributed by atoms with E-state index in [-0.39, 0.29) is 17.3 Å². The molecular formula is C9H14F4OS. The van der Waals surface area contributed by atoms with E-state index >= 15 is 0 Å². The molecule has 0 N–H and O–H groups in total. The molecule has 0 aliphatic heterocycles. The molecule has 0 saturated heterocycles. The molecule has 0 aliphatic rings. The minimum absolute atomic E-state index is 0.0387. The molecule has 1 nitrogen and oxygen atoms in total. The predicted molar refractivity (Wildman–Crippen MR) is 52.6 cm³/mol. The van der Waals surface area contributed by atoms with Crippen molar-refractivity contribution in [3.05, 3.63) is 0 Å². The molecular weight excluding hydrogens is 232 g/mol. The summed E-state index contributed by atoms with van der Waals surface area (Å²) in [6.45, 7) is 1.31. The molecule has 0 spiro atoms. The van der Waals surface area contributed by atoms with Gasteiger partial charge in [0.05, 0.1) is 0 Å². The average Bonchev–Trinajstić information content (AvgIpc) is 2.01. The maximum atomic E-state index is 13.0. The molecule has 0 amide bonds. The monoisotopic (exact) mass is 246 g/mol. The number of thioether (sulfide) groups is 1. The van der Waals surface area contributed by atoms with Crippen LogP contribution < -0.4 is 0 Å². The molecule has 0 bridgehead atoms. The van der Waals surface area contributed by atoms with Crippen LogP contribution in [0.2, 0.25) is 0 Å². The maximum Gasteiger partial charge on any atom is 0.249 e. The highest BCUT2D eigenvalue weighted by atomic mass is 32.2. The Morgan fingerprint density at radius 2 is 1.93 bits per heavy atom. The molecule has 0 fully saturated rings. The molecule has 0 radical (unpaired) electrons. The van der Waals surface area contributed by atoms with Gasteiger partial charge in [-0.15, -0.1) is 0 Å². The summed E-state index contributed by atoms with van der Waals surface area (Å²) in [6, 6.07) is 0. The number of rotatable bonds is 7. The number of hydrogen-bond donors (Lipinski definition) is 0. The molecule has 0 aromatic heterocycles. The number of halogens is 4. The van der Waals surface area contributed by atoms with Gasteiger partial charge in [-0.1, -0.05) is 11.8 Å². The Morgan fingerprint density at radius 1 is 1.33 bits per heavy atom. The van der Waals surface area contributed by atoms with Crippen LogP contribution in [0.15, 0.2) is 0 Å². The van der Waals surface area contributed by atoms with Crippen molar-refractivity contribution >= 4 is 16.9 Å². The van der Waals surface area contributed by atoms with E-state index in [9.17, 15) is 22.4 Å². The van der Waals surface area contributed by atoms with Crippen LogP contribution in [0.3, 0.4) is 0 Å². The van der Waals surface area contributed by atoms with Gasteiger partial charge >= 0.3 is 0 Å². The standard InChI is InChI=1S/C9H14F4OS/c1-7(14)15-6-5-9(12,13)4-2-3-8(10)11/h8H,2-6H2,1H3. The van der Waals surface area contributed by atoms with Crippen molar-refractivity contribution in [2.75, 3.05) is 5.75 Å². The van der Waals surface area contributed by atoms with E-state index < -0.39 is 31.6 Å². The Kier molecular flexibility index (Phi) is 6.96. The Hall–Kier alpha value is -0.260. The lowest BCUT2D eigenvalue weighted by molar-refractivity contribution is -0.109. The largest absolute Gasteiger partial charge is 0.288 e. The number of hydrogen-bond acceptors (Lipinski definition) is 2. The lowest BCUT2D eigenvalue weighted by Crippen LogP contribution is -2.17. The third-order valence-electron chi connectivity index (χ3n) is 1.74. The van der Waals surface area contributed by atoms with Crippen molar-refractivity contribution in [2.24, 2.45) is 0 Å². The van der Waals surface area contributed by atoms with Gasteiger partial charge in [0.15, 0.2) is 5.12 Å². The summed E-state index contributed by atoms with van der Waals surface area (Å²) in [5.74, 6) is -2.89. The first-order chi connectivity index (χ1) is 6.83. The Bertz CT molecular complexity index is 197. The molecule has 15 heavy (non-hydrogen) atoms. The molecule has 0 saturated carbocycles. The van der Waals surface area contributed by atoms with Crippen LogP contribution >= 0.6 is 11.8 Å². The second-order valence-electron chi connectivity index (χ2n) is 3.23. The zero-order valence-corrected chi connectivity index (χ0v) is 9.26. The lowest BCUT2D eigenvalue weighted by Gasteiger charge is -2.15. The van der Waals surface area contributed by atoms with Crippen LogP contribution in [-0.2, 0) is 4.79 Å². The zero-order valence-electron chi connectivity index (χ0n) is 8.44. The van der Waals surface area contributed by atoms with Crippen molar-refractivity contribution in [1.82, 2.24) is 0 Å². The number of carbonyl (C=O) groups excluding carboxylic acids is 1. The molecule has 6 heteroatoms. The van der Waals surface area contributed by atoms with Crippen molar-refractivity contribution in [3.63, 3.8) is 0 Å². The van der Waals surface area contributed by atoms with Crippen molar-refractivity contribution < 1.29 is 22.4 Å². The molecule has 0 unspecified atom stereocenters. The van der Waals surface area contributed by atoms with Gasteiger partial charge in [0.2, 0.25) is 12.3 Å².